The van der Waals surface area contributed by atoms with Crippen LogP contribution >= 0.6 is 11.3 Å². The van der Waals surface area contributed by atoms with Gasteiger partial charge in [0.1, 0.15) is 0 Å². The number of thiazole rings is 1. The van der Waals surface area contributed by atoms with Crippen molar-refractivity contribution < 1.29 is 0 Å². The molecule has 1 aliphatic heterocycles. The Kier molecular flexibility index (Phi) is 4.80. The fraction of sp³-hybridized carbons (Fsp3) is 0.769. The Bertz CT molecular complexity index is 310. The van der Waals surface area contributed by atoms with E-state index in [-0.39, 0.29) is 0 Å². The van der Waals surface area contributed by atoms with Gasteiger partial charge in [-0.15, -0.1) is 11.3 Å². The van der Waals surface area contributed by atoms with E-state index in [1.807, 2.05) is 6.20 Å². The summed E-state index contributed by atoms with van der Waals surface area (Å²) in [6.45, 7) is 9.14. The molecule has 2 heterocycles. The topological polar surface area (TPSA) is 28.2 Å². The maximum absolute atomic E-state index is 4.41. The Morgan fingerprint density at radius 1 is 1.59 bits per heavy atom. The minimum Gasteiger partial charge on any atom is -0.348 e. The molecule has 4 heteroatoms. The Morgan fingerprint density at radius 2 is 2.47 bits per heavy atom. The van der Waals surface area contributed by atoms with Crippen molar-refractivity contribution in [1.29, 1.82) is 0 Å². The molecule has 17 heavy (non-hydrogen) atoms. The molecule has 0 aliphatic carbocycles. The predicted molar refractivity (Wildman–Crippen MR) is 74.8 cm³/mol. The first-order chi connectivity index (χ1) is 8.25. The molecule has 0 radical (unpaired) electrons. The summed E-state index contributed by atoms with van der Waals surface area (Å²) in [5, 5.41) is 6.84. The van der Waals surface area contributed by atoms with E-state index in [9.17, 15) is 0 Å². The standard InChI is InChI=1S/C13H23N3S/c1-11(2)8-14-9-12-4-3-6-16(10-12)13-15-5-7-17-13/h5,7,11-12,14H,3-4,6,8-10H2,1-2H3. The van der Waals surface area contributed by atoms with Crippen LogP contribution in [0.1, 0.15) is 26.7 Å². The van der Waals surface area contributed by atoms with Crippen LogP contribution in [0.2, 0.25) is 0 Å². The van der Waals surface area contributed by atoms with Gasteiger partial charge in [-0.05, 0) is 37.8 Å². The summed E-state index contributed by atoms with van der Waals surface area (Å²) < 4.78 is 0. The average Bonchev–Trinajstić information content (AvgIpc) is 2.82. The molecular weight excluding hydrogens is 230 g/mol. The van der Waals surface area contributed by atoms with Gasteiger partial charge >= 0.3 is 0 Å². The molecule has 0 aromatic carbocycles. The molecule has 0 amide bonds. The molecule has 1 saturated heterocycles. The van der Waals surface area contributed by atoms with Crippen LogP contribution in [-0.4, -0.2) is 31.2 Å². The summed E-state index contributed by atoms with van der Waals surface area (Å²) in [6, 6.07) is 0. The summed E-state index contributed by atoms with van der Waals surface area (Å²) in [6.07, 6.45) is 4.56. The van der Waals surface area contributed by atoms with Crippen LogP contribution in [-0.2, 0) is 0 Å². The second-order valence-electron chi connectivity index (χ2n) is 5.32. The smallest absolute Gasteiger partial charge is 0.185 e. The van der Waals surface area contributed by atoms with Gasteiger partial charge in [0.2, 0.25) is 0 Å². The Labute approximate surface area is 108 Å². The lowest BCUT2D eigenvalue weighted by molar-refractivity contribution is 0.382. The fourth-order valence-electron chi connectivity index (χ4n) is 2.35. The lowest BCUT2D eigenvalue weighted by Gasteiger charge is -2.32. The van der Waals surface area contributed by atoms with Gasteiger partial charge in [0, 0.05) is 24.7 Å². The van der Waals surface area contributed by atoms with Crippen molar-refractivity contribution in [3.8, 4) is 0 Å². The van der Waals surface area contributed by atoms with E-state index in [4.69, 9.17) is 0 Å². The zero-order valence-corrected chi connectivity index (χ0v) is 11.7. The molecule has 0 spiro atoms. The molecule has 1 aliphatic rings. The van der Waals surface area contributed by atoms with E-state index in [0.29, 0.717) is 0 Å². The molecule has 0 saturated carbocycles. The van der Waals surface area contributed by atoms with Crippen LogP contribution < -0.4 is 10.2 Å². The van der Waals surface area contributed by atoms with E-state index < -0.39 is 0 Å². The molecule has 1 N–H and O–H groups in total. The minimum absolute atomic E-state index is 0.744. The third-order valence-corrected chi connectivity index (χ3v) is 4.03. The first-order valence-electron chi connectivity index (χ1n) is 6.61. The predicted octanol–water partition coefficient (Wildman–Crippen LogP) is 2.61. The fourth-order valence-corrected chi connectivity index (χ4v) is 3.03. The second kappa shape index (κ2) is 6.36. The second-order valence-corrected chi connectivity index (χ2v) is 6.19. The van der Waals surface area contributed by atoms with Crippen molar-refractivity contribution in [3.63, 3.8) is 0 Å². The van der Waals surface area contributed by atoms with E-state index in [0.717, 1.165) is 24.9 Å². The maximum atomic E-state index is 4.41. The molecule has 2 rings (SSSR count). The zero-order valence-electron chi connectivity index (χ0n) is 10.9. The zero-order chi connectivity index (χ0) is 12.1. The SMILES string of the molecule is CC(C)CNCC1CCCN(c2nccs2)C1. The third-order valence-electron chi connectivity index (χ3n) is 3.19. The largest absolute Gasteiger partial charge is 0.348 e. The normalized spacial score (nSPS) is 21.1. The van der Waals surface area contributed by atoms with Gasteiger partial charge in [-0.2, -0.15) is 0 Å². The number of piperidine rings is 1. The van der Waals surface area contributed by atoms with E-state index >= 15 is 0 Å². The van der Waals surface area contributed by atoms with Gasteiger partial charge in [-0.25, -0.2) is 4.98 Å². The number of nitrogens with zero attached hydrogens (tertiary/aromatic N) is 2. The average molecular weight is 253 g/mol. The summed E-state index contributed by atoms with van der Waals surface area (Å²) in [4.78, 5) is 6.85. The minimum atomic E-state index is 0.744. The Balaban J connectivity index is 1.77. The first-order valence-corrected chi connectivity index (χ1v) is 7.49. The van der Waals surface area contributed by atoms with Crippen LogP contribution in [0.5, 0.6) is 0 Å². The molecular formula is C13H23N3S. The lowest BCUT2D eigenvalue weighted by Crippen LogP contribution is -2.40. The van der Waals surface area contributed by atoms with Crippen LogP contribution in [0.4, 0.5) is 5.13 Å². The van der Waals surface area contributed by atoms with Gasteiger partial charge in [0.15, 0.2) is 5.13 Å². The van der Waals surface area contributed by atoms with Gasteiger partial charge in [-0.3, -0.25) is 0 Å². The van der Waals surface area contributed by atoms with Crippen LogP contribution in [0, 0.1) is 11.8 Å². The van der Waals surface area contributed by atoms with Gasteiger partial charge in [0.25, 0.3) is 0 Å². The van der Waals surface area contributed by atoms with Crippen molar-refractivity contribution in [3.05, 3.63) is 11.6 Å². The highest BCUT2D eigenvalue weighted by Crippen LogP contribution is 2.24. The molecule has 1 aromatic heterocycles. The molecule has 1 atom stereocenters. The lowest BCUT2D eigenvalue weighted by atomic mass is 9.98. The highest BCUT2D eigenvalue weighted by atomic mass is 32.1. The molecule has 3 nitrogen and oxygen atoms in total. The summed E-state index contributed by atoms with van der Waals surface area (Å²) in [5.41, 5.74) is 0. The highest BCUT2D eigenvalue weighted by Gasteiger charge is 2.21. The molecule has 1 aromatic rings. The number of rotatable bonds is 5. The molecule has 0 bridgehead atoms. The van der Waals surface area contributed by atoms with E-state index in [2.05, 4.69) is 34.4 Å². The molecule has 96 valence electrons. The van der Waals surface area contributed by atoms with Crippen LogP contribution in [0.15, 0.2) is 11.6 Å². The van der Waals surface area contributed by atoms with E-state index in [1.54, 1.807) is 11.3 Å². The highest BCUT2D eigenvalue weighted by molar-refractivity contribution is 7.13. The third kappa shape index (κ3) is 3.96. The Hall–Kier alpha value is -0.610. The van der Waals surface area contributed by atoms with Crippen molar-refractivity contribution >= 4 is 16.5 Å². The maximum Gasteiger partial charge on any atom is 0.185 e. The van der Waals surface area contributed by atoms with Crippen LogP contribution in [0.25, 0.3) is 0 Å². The van der Waals surface area contributed by atoms with E-state index in [1.165, 1.54) is 31.1 Å². The van der Waals surface area contributed by atoms with Crippen molar-refractivity contribution in [2.24, 2.45) is 11.8 Å². The number of aromatic nitrogens is 1. The monoisotopic (exact) mass is 253 g/mol. The number of nitrogens with one attached hydrogen (secondary N) is 1. The van der Waals surface area contributed by atoms with Crippen molar-refractivity contribution in [2.75, 3.05) is 31.1 Å². The number of anilines is 1. The van der Waals surface area contributed by atoms with Gasteiger partial charge < -0.3 is 10.2 Å². The number of hydrogen-bond acceptors (Lipinski definition) is 4. The summed E-state index contributed by atoms with van der Waals surface area (Å²) in [7, 11) is 0. The first kappa shape index (κ1) is 12.8. The number of hydrogen-bond donors (Lipinski definition) is 1. The Morgan fingerprint density at radius 3 is 3.18 bits per heavy atom. The quantitative estimate of drug-likeness (QED) is 0.874. The van der Waals surface area contributed by atoms with Gasteiger partial charge in [-0.1, -0.05) is 13.8 Å². The molecule has 1 fully saturated rings. The van der Waals surface area contributed by atoms with Gasteiger partial charge in [0.05, 0.1) is 0 Å². The van der Waals surface area contributed by atoms with Crippen LogP contribution in [0.3, 0.4) is 0 Å². The summed E-state index contributed by atoms with van der Waals surface area (Å²) >= 11 is 1.75. The summed E-state index contributed by atoms with van der Waals surface area (Å²) in [5.74, 6) is 1.53. The molecule has 1 unspecified atom stereocenters. The van der Waals surface area contributed by atoms with Crippen molar-refractivity contribution in [2.45, 2.75) is 26.7 Å². The van der Waals surface area contributed by atoms with Crippen molar-refractivity contribution in [1.82, 2.24) is 10.3 Å².